The van der Waals surface area contributed by atoms with E-state index in [0.29, 0.717) is 12.6 Å². The van der Waals surface area contributed by atoms with Crippen molar-refractivity contribution in [2.75, 3.05) is 24.2 Å². The van der Waals surface area contributed by atoms with Gasteiger partial charge in [-0.1, -0.05) is 0 Å². The molecule has 2 rings (SSSR count). The van der Waals surface area contributed by atoms with E-state index in [4.69, 9.17) is 5.73 Å². The Morgan fingerprint density at radius 1 is 1.60 bits per heavy atom. The Labute approximate surface area is 93.6 Å². The number of halogens is 1. The Balaban J connectivity index is 2.28. The van der Waals surface area contributed by atoms with E-state index in [9.17, 15) is 4.39 Å². The van der Waals surface area contributed by atoms with Gasteiger partial charge < -0.3 is 10.6 Å². The minimum atomic E-state index is -0.172. The smallest absolute Gasteiger partial charge is 0.125 e. The second-order valence-corrected chi connectivity index (χ2v) is 4.83. The van der Waals surface area contributed by atoms with Gasteiger partial charge in [-0.25, -0.2) is 4.39 Å². The summed E-state index contributed by atoms with van der Waals surface area (Å²) < 4.78 is 13.1. The molecule has 1 atom stereocenters. The van der Waals surface area contributed by atoms with Gasteiger partial charge in [0.25, 0.3) is 0 Å². The maximum absolute atomic E-state index is 13.1. The van der Waals surface area contributed by atoms with Crippen LogP contribution in [0.3, 0.4) is 0 Å². The lowest BCUT2D eigenvalue weighted by molar-refractivity contribution is 0.611. The van der Waals surface area contributed by atoms with Crippen molar-refractivity contribution in [3.05, 3.63) is 24.0 Å². The molecule has 2 nitrogen and oxygen atoms in total. The molecule has 1 heterocycles. The third kappa shape index (κ3) is 2.11. The molecule has 0 spiro atoms. The number of anilines is 1. The molecule has 1 aliphatic rings. The lowest BCUT2D eigenvalue weighted by Gasteiger charge is -2.35. The monoisotopic (exact) mass is 226 g/mol. The third-order valence-electron chi connectivity index (χ3n) is 2.78. The Morgan fingerprint density at radius 3 is 3.13 bits per heavy atom. The zero-order valence-electron chi connectivity index (χ0n) is 8.74. The van der Waals surface area contributed by atoms with Crippen LogP contribution in [0.15, 0.2) is 23.1 Å². The van der Waals surface area contributed by atoms with Gasteiger partial charge in [-0.05, 0) is 31.2 Å². The molecule has 0 aromatic heterocycles. The summed E-state index contributed by atoms with van der Waals surface area (Å²) in [7, 11) is 2.01. The largest absolute Gasteiger partial charge is 0.370 e. The van der Waals surface area contributed by atoms with Gasteiger partial charge in [0.1, 0.15) is 5.82 Å². The highest BCUT2D eigenvalue weighted by Crippen LogP contribution is 2.37. The topological polar surface area (TPSA) is 29.3 Å². The van der Waals surface area contributed by atoms with Gasteiger partial charge in [0.05, 0.1) is 5.69 Å². The minimum Gasteiger partial charge on any atom is -0.370 e. The van der Waals surface area contributed by atoms with E-state index in [1.807, 2.05) is 13.1 Å². The summed E-state index contributed by atoms with van der Waals surface area (Å²) in [6.45, 7) is 0.681. The van der Waals surface area contributed by atoms with Crippen molar-refractivity contribution in [1.29, 1.82) is 0 Å². The van der Waals surface area contributed by atoms with Crippen LogP contribution in [-0.4, -0.2) is 25.4 Å². The van der Waals surface area contributed by atoms with Crippen molar-refractivity contribution in [1.82, 2.24) is 0 Å². The number of rotatable bonds is 2. The first-order valence-electron chi connectivity index (χ1n) is 5.07. The van der Waals surface area contributed by atoms with Crippen molar-refractivity contribution in [3.8, 4) is 0 Å². The van der Waals surface area contributed by atoms with Crippen LogP contribution in [0, 0.1) is 5.82 Å². The summed E-state index contributed by atoms with van der Waals surface area (Å²) >= 11 is 1.79. The van der Waals surface area contributed by atoms with Gasteiger partial charge in [-0.3, -0.25) is 0 Å². The molecule has 0 fully saturated rings. The Bertz CT molecular complexity index is 356. The van der Waals surface area contributed by atoms with Crippen molar-refractivity contribution in [3.63, 3.8) is 0 Å². The molecule has 0 amide bonds. The summed E-state index contributed by atoms with van der Waals surface area (Å²) in [4.78, 5) is 3.30. The molecule has 4 heteroatoms. The van der Waals surface area contributed by atoms with Crippen molar-refractivity contribution < 1.29 is 4.39 Å². The van der Waals surface area contributed by atoms with E-state index in [1.54, 1.807) is 17.8 Å². The van der Waals surface area contributed by atoms with E-state index >= 15 is 0 Å². The molecule has 1 aromatic rings. The average Bonchev–Trinajstić information content (AvgIpc) is 2.23. The molecule has 0 saturated carbocycles. The van der Waals surface area contributed by atoms with Gasteiger partial charge in [0, 0.05) is 23.7 Å². The van der Waals surface area contributed by atoms with Crippen LogP contribution < -0.4 is 10.6 Å². The van der Waals surface area contributed by atoms with E-state index in [-0.39, 0.29) is 5.82 Å². The molecule has 1 aromatic carbocycles. The predicted molar refractivity (Wildman–Crippen MR) is 63.0 cm³/mol. The van der Waals surface area contributed by atoms with E-state index in [1.165, 1.54) is 6.07 Å². The van der Waals surface area contributed by atoms with Crippen LogP contribution >= 0.6 is 11.8 Å². The summed E-state index contributed by atoms with van der Waals surface area (Å²) in [6.07, 6.45) is 0.958. The van der Waals surface area contributed by atoms with Crippen molar-refractivity contribution in [2.24, 2.45) is 5.73 Å². The van der Waals surface area contributed by atoms with Crippen LogP contribution in [0.2, 0.25) is 0 Å². The molecular weight excluding hydrogens is 211 g/mol. The fourth-order valence-corrected chi connectivity index (χ4v) is 3.13. The highest BCUT2D eigenvalue weighted by molar-refractivity contribution is 7.99. The Morgan fingerprint density at radius 2 is 2.40 bits per heavy atom. The van der Waals surface area contributed by atoms with E-state index < -0.39 is 0 Å². The third-order valence-corrected chi connectivity index (χ3v) is 3.99. The highest BCUT2D eigenvalue weighted by atomic mass is 32.2. The maximum atomic E-state index is 13.1. The zero-order valence-corrected chi connectivity index (χ0v) is 9.56. The second-order valence-electron chi connectivity index (χ2n) is 3.77. The molecule has 0 aliphatic carbocycles. The van der Waals surface area contributed by atoms with E-state index in [0.717, 1.165) is 22.8 Å². The standard InChI is InChI=1S/C11H15FN2S/c1-14-9(4-5-13)7-15-11-3-2-8(12)6-10(11)14/h2-3,6,9H,4-5,7,13H2,1H3. The van der Waals surface area contributed by atoms with Crippen molar-refractivity contribution >= 4 is 17.4 Å². The van der Waals surface area contributed by atoms with Crippen molar-refractivity contribution in [2.45, 2.75) is 17.4 Å². The average molecular weight is 226 g/mol. The molecule has 0 radical (unpaired) electrons. The van der Waals surface area contributed by atoms with E-state index in [2.05, 4.69) is 4.90 Å². The molecule has 0 saturated heterocycles. The molecular formula is C11H15FN2S. The first-order chi connectivity index (χ1) is 7.22. The zero-order chi connectivity index (χ0) is 10.8. The number of hydrogen-bond acceptors (Lipinski definition) is 3. The number of nitrogens with two attached hydrogens (primary N) is 1. The summed E-state index contributed by atoms with van der Waals surface area (Å²) in [5.41, 5.74) is 6.55. The number of benzene rings is 1. The van der Waals surface area contributed by atoms with Gasteiger partial charge in [-0.2, -0.15) is 0 Å². The highest BCUT2D eigenvalue weighted by Gasteiger charge is 2.23. The summed E-state index contributed by atoms with van der Waals surface area (Å²) in [5, 5.41) is 0. The summed E-state index contributed by atoms with van der Waals surface area (Å²) in [5.74, 6) is 0.862. The van der Waals surface area contributed by atoms with Gasteiger partial charge in [0.2, 0.25) is 0 Å². The normalized spacial score (nSPS) is 20.2. The quantitative estimate of drug-likeness (QED) is 0.837. The fourth-order valence-electron chi connectivity index (χ4n) is 1.85. The van der Waals surface area contributed by atoms with Gasteiger partial charge in [0.15, 0.2) is 0 Å². The lowest BCUT2D eigenvalue weighted by Crippen LogP contribution is -2.38. The fraction of sp³-hybridized carbons (Fsp3) is 0.455. The first kappa shape index (κ1) is 10.8. The lowest BCUT2D eigenvalue weighted by atomic mass is 10.1. The van der Waals surface area contributed by atoms with Gasteiger partial charge in [-0.15, -0.1) is 11.8 Å². The number of fused-ring (bicyclic) bond motifs is 1. The van der Waals surface area contributed by atoms with Crippen LogP contribution in [-0.2, 0) is 0 Å². The SMILES string of the molecule is CN1c2cc(F)ccc2SCC1CCN. The number of thioether (sulfide) groups is 1. The Hall–Kier alpha value is -0.740. The molecule has 2 N–H and O–H groups in total. The van der Waals surface area contributed by atoms with Crippen LogP contribution in [0.5, 0.6) is 0 Å². The molecule has 1 aliphatic heterocycles. The summed E-state index contributed by atoms with van der Waals surface area (Å²) in [6, 6.07) is 5.40. The van der Waals surface area contributed by atoms with Gasteiger partial charge >= 0.3 is 0 Å². The first-order valence-corrected chi connectivity index (χ1v) is 6.06. The minimum absolute atomic E-state index is 0.172. The molecule has 1 unspecified atom stereocenters. The second kappa shape index (κ2) is 4.41. The molecule has 82 valence electrons. The molecule has 15 heavy (non-hydrogen) atoms. The Kier molecular flexibility index (Phi) is 3.17. The molecule has 0 bridgehead atoms. The maximum Gasteiger partial charge on any atom is 0.125 e. The van der Waals surface area contributed by atoms with Crippen LogP contribution in [0.25, 0.3) is 0 Å². The number of hydrogen-bond donors (Lipinski definition) is 1. The predicted octanol–water partition coefficient (Wildman–Crippen LogP) is 2.08. The number of nitrogens with zero attached hydrogens (tertiary/aromatic N) is 1. The van der Waals surface area contributed by atoms with Crippen LogP contribution in [0.1, 0.15) is 6.42 Å². The van der Waals surface area contributed by atoms with Crippen LogP contribution in [0.4, 0.5) is 10.1 Å².